The van der Waals surface area contributed by atoms with E-state index in [1.165, 1.54) is 36.8 Å². The zero-order chi connectivity index (χ0) is 14.5. The molecule has 0 aliphatic heterocycles. The van der Waals surface area contributed by atoms with Gasteiger partial charge >= 0.3 is 0 Å². The van der Waals surface area contributed by atoms with Crippen molar-refractivity contribution in [3.05, 3.63) is 52.5 Å². The first-order valence-corrected chi connectivity index (χ1v) is 5.65. The highest BCUT2D eigenvalue weighted by Gasteiger charge is 2.17. The Morgan fingerprint density at radius 3 is 2.75 bits per heavy atom. The quantitative estimate of drug-likeness (QED) is 0.647. The molecule has 8 nitrogen and oxygen atoms in total. The fourth-order valence-electron chi connectivity index (χ4n) is 1.59. The molecule has 2 aromatic rings. The number of nitro benzene ring substituents is 1. The molecule has 0 fully saturated rings. The van der Waals surface area contributed by atoms with Crippen LogP contribution in [0.2, 0.25) is 0 Å². The van der Waals surface area contributed by atoms with Crippen molar-refractivity contribution in [2.45, 2.75) is 0 Å². The third-order valence-corrected chi connectivity index (χ3v) is 2.53. The van der Waals surface area contributed by atoms with Gasteiger partial charge in [-0.2, -0.15) is 0 Å². The minimum absolute atomic E-state index is 0.167. The van der Waals surface area contributed by atoms with Crippen molar-refractivity contribution in [3.8, 4) is 0 Å². The normalized spacial score (nSPS) is 9.85. The monoisotopic (exact) mass is 273 g/mol. The topological polar surface area (TPSA) is 110 Å². The highest BCUT2D eigenvalue weighted by atomic mass is 16.6. The summed E-state index contributed by atoms with van der Waals surface area (Å²) in [6.45, 7) is 0. The number of aromatic nitrogens is 2. The Hall–Kier alpha value is -3.03. The molecule has 0 unspecified atom stereocenters. The molecule has 1 heterocycles. The summed E-state index contributed by atoms with van der Waals surface area (Å²) in [7, 11) is 1.57. The molecule has 0 atom stereocenters. The minimum atomic E-state index is -0.551. The third-order valence-electron chi connectivity index (χ3n) is 2.53. The molecule has 0 bridgehead atoms. The van der Waals surface area contributed by atoms with Gasteiger partial charge in [-0.25, -0.2) is 4.98 Å². The van der Waals surface area contributed by atoms with Gasteiger partial charge in [0.1, 0.15) is 5.69 Å². The number of nitro groups is 1. The molecular weight excluding hydrogens is 262 g/mol. The second-order valence-electron chi connectivity index (χ2n) is 3.78. The van der Waals surface area contributed by atoms with Gasteiger partial charge in [-0.15, -0.1) is 0 Å². The Kier molecular flexibility index (Phi) is 3.85. The van der Waals surface area contributed by atoms with Crippen LogP contribution in [0.1, 0.15) is 10.4 Å². The first-order chi connectivity index (χ1) is 9.61. The molecule has 0 aliphatic rings. The summed E-state index contributed by atoms with van der Waals surface area (Å²) >= 11 is 0. The first kappa shape index (κ1) is 13.4. The highest BCUT2D eigenvalue weighted by Crippen LogP contribution is 2.25. The van der Waals surface area contributed by atoms with Gasteiger partial charge in [0, 0.05) is 31.1 Å². The number of amides is 1. The van der Waals surface area contributed by atoms with Crippen molar-refractivity contribution in [2.24, 2.45) is 0 Å². The molecule has 0 saturated carbocycles. The summed E-state index contributed by atoms with van der Waals surface area (Å²) in [5.41, 5.74) is 0.340. The summed E-state index contributed by atoms with van der Waals surface area (Å²) in [6.07, 6.45) is 4.29. The van der Waals surface area contributed by atoms with Crippen LogP contribution in [-0.4, -0.2) is 27.8 Å². The number of benzene rings is 1. The van der Waals surface area contributed by atoms with Crippen molar-refractivity contribution >= 4 is 23.1 Å². The lowest BCUT2D eigenvalue weighted by Crippen LogP contribution is -2.13. The molecule has 102 valence electrons. The zero-order valence-corrected chi connectivity index (χ0v) is 10.5. The largest absolute Gasteiger partial charge is 0.383 e. The van der Waals surface area contributed by atoms with Crippen LogP contribution < -0.4 is 10.6 Å². The minimum Gasteiger partial charge on any atom is -0.383 e. The average Bonchev–Trinajstić information content (AvgIpc) is 2.47. The van der Waals surface area contributed by atoms with Crippen LogP contribution in [0.25, 0.3) is 0 Å². The van der Waals surface area contributed by atoms with Gasteiger partial charge < -0.3 is 10.6 Å². The van der Waals surface area contributed by atoms with E-state index in [4.69, 9.17) is 0 Å². The van der Waals surface area contributed by atoms with E-state index in [0.717, 1.165) is 0 Å². The maximum absolute atomic E-state index is 12.0. The standard InChI is InChI=1S/C12H11N5O3/c1-13-9-3-2-8(6-10(9)17(19)20)12(18)16-11-7-14-4-5-15-11/h2-7,13H,1H3,(H,15,16,18). The lowest BCUT2D eigenvalue weighted by molar-refractivity contribution is -0.384. The van der Waals surface area contributed by atoms with Crippen LogP contribution in [0.4, 0.5) is 17.2 Å². The van der Waals surface area contributed by atoms with Gasteiger partial charge in [-0.05, 0) is 12.1 Å². The number of nitrogens with zero attached hydrogens (tertiary/aromatic N) is 3. The maximum Gasteiger partial charge on any atom is 0.293 e. The second-order valence-corrected chi connectivity index (χ2v) is 3.78. The van der Waals surface area contributed by atoms with E-state index in [0.29, 0.717) is 5.69 Å². The second kappa shape index (κ2) is 5.74. The highest BCUT2D eigenvalue weighted by molar-refractivity contribution is 6.04. The predicted octanol–water partition coefficient (Wildman–Crippen LogP) is 1.68. The molecule has 1 amide bonds. The molecule has 0 aliphatic carbocycles. The molecule has 0 spiro atoms. The number of hydrogen-bond donors (Lipinski definition) is 2. The Bertz CT molecular complexity index is 645. The van der Waals surface area contributed by atoms with E-state index in [1.807, 2.05) is 0 Å². The number of anilines is 2. The molecule has 0 saturated heterocycles. The van der Waals surface area contributed by atoms with E-state index in [-0.39, 0.29) is 17.1 Å². The van der Waals surface area contributed by atoms with E-state index in [2.05, 4.69) is 20.6 Å². The van der Waals surface area contributed by atoms with Crippen molar-refractivity contribution < 1.29 is 9.72 Å². The van der Waals surface area contributed by atoms with Crippen LogP contribution in [0, 0.1) is 10.1 Å². The van der Waals surface area contributed by atoms with Crippen LogP contribution in [-0.2, 0) is 0 Å². The lowest BCUT2D eigenvalue weighted by atomic mass is 10.1. The van der Waals surface area contributed by atoms with E-state index >= 15 is 0 Å². The van der Waals surface area contributed by atoms with Crippen molar-refractivity contribution in [2.75, 3.05) is 17.7 Å². The molecular formula is C12H11N5O3. The van der Waals surface area contributed by atoms with Crippen LogP contribution in [0.5, 0.6) is 0 Å². The van der Waals surface area contributed by atoms with Gasteiger partial charge in [-0.1, -0.05) is 0 Å². The van der Waals surface area contributed by atoms with Crippen molar-refractivity contribution in [3.63, 3.8) is 0 Å². The summed E-state index contributed by atoms with van der Waals surface area (Å²) in [5, 5.41) is 16.1. The molecule has 1 aromatic carbocycles. The molecule has 2 N–H and O–H groups in total. The molecule has 2 rings (SSSR count). The number of rotatable bonds is 4. The lowest BCUT2D eigenvalue weighted by Gasteiger charge is -2.06. The maximum atomic E-state index is 12.0. The van der Waals surface area contributed by atoms with Gasteiger partial charge in [0.15, 0.2) is 5.82 Å². The number of nitrogens with one attached hydrogen (secondary N) is 2. The summed E-state index contributed by atoms with van der Waals surface area (Å²) in [5.74, 6) is -0.214. The van der Waals surface area contributed by atoms with Gasteiger partial charge in [0.05, 0.1) is 11.1 Å². The van der Waals surface area contributed by atoms with Gasteiger partial charge in [0.25, 0.3) is 11.6 Å². The summed E-state index contributed by atoms with van der Waals surface area (Å²) in [6, 6.07) is 4.17. The van der Waals surface area contributed by atoms with Crippen LogP contribution in [0.15, 0.2) is 36.8 Å². The third kappa shape index (κ3) is 2.86. The zero-order valence-electron chi connectivity index (χ0n) is 10.5. The number of carbonyl (C=O) groups excluding carboxylic acids is 1. The Balaban J connectivity index is 2.27. The Labute approximate surface area is 114 Å². The Morgan fingerprint density at radius 1 is 1.35 bits per heavy atom. The van der Waals surface area contributed by atoms with Crippen molar-refractivity contribution in [1.29, 1.82) is 0 Å². The SMILES string of the molecule is CNc1ccc(C(=O)Nc2cnccn2)cc1[N+](=O)[O-]. The fourth-order valence-corrected chi connectivity index (χ4v) is 1.59. The van der Waals surface area contributed by atoms with Crippen molar-refractivity contribution in [1.82, 2.24) is 9.97 Å². The summed E-state index contributed by atoms with van der Waals surface area (Å²) < 4.78 is 0. The molecule has 20 heavy (non-hydrogen) atoms. The first-order valence-electron chi connectivity index (χ1n) is 5.65. The summed E-state index contributed by atoms with van der Waals surface area (Å²) in [4.78, 5) is 30.0. The van der Waals surface area contributed by atoms with E-state index in [1.54, 1.807) is 7.05 Å². The molecule has 1 aromatic heterocycles. The number of carbonyl (C=O) groups is 1. The van der Waals surface area contributed by atoms with E-state index in [9.17, 15) is 14.9 Å². The van der Waals surface area contributed by atoms with Gasteiger partial charge in [-0.3, -0.25) is 19.9 Å². The average molecular weight is 273 g/mol. The van der Waals surface area contributed by atoms with E-state index < -0.39 is 10.8 Å². The fraction of sp³-hybridized carbons (Fsp3) is 0.0833. The predicted molar refractivity (Wildman–Crippen MR) is 72.6 cm³/mol. The smallest absolute Gasteiger partial charge is 0.293 e. The van der Waals surface area contributed by atoms with Gasteiger partial charge in [0.2, 0.25) is 0 Å². The Morgan fingerprint density at radius 2 is 2.15 bits per heavy atom. The number of hydrogen-bond acceptors (Lipinski definition) is 6. The molecule has 0 radical (unpaired) electrons. The van der Waals surface area contributed by atoms with Crippen LogP contribution in [0.3, 0.4) is 0 Å². The van der Waals surface area contributed by atoms with Crippen LogP contribution >= 0.6 is 0 Å². The molecule has 8 heteroatoms.